The van der Waals surface area contributed by atoms with Crippen LogP contribution in [0.2, 0.25) is 0 Å². The van der Waals surface area contributed by atoms with E-state index in [0.29, 0.717) is 6.54 Å². The molecule has 0 heterocycles. The van der Waals surface area contributed by atoms with E-state index in [1.807, 2.05) is 36.4 Å². The summed E-state index contributed by atoms with van der Waals surface area (Å²) in [5.74, 6) is 0.0808. The lowest BCUT2D eigenvalue weighted by Crippen LogP contribution is -2.12. The summed E-state index contributed by atoms with van der Waals surface area (Å²) >= 11 is 0. The molecule has 0 radical (unpaired) electrons. The van der Waals surface area contributed by atoms with Crippen molar-refractivity contribution in [2.75, 3.05) is 6.54 Å². The molecule has 5 N–H and O–H groups in total. The summed E-state index contributed by atoms with van der Waals surface area (Å²) in [5.41, 5.74) is 12.4. The van der Waals surface area contributed by atoms with Gasteiger partial charge in [-0.15, -0.1) is 0 Å². The minimum Gasteiger partial charge on any atom is -0.384 e. The van der Waals surface area contributed by atoms with E-state index in [1.165, 1.54) is 0 Å². The average molecular weight is 175 g/mol. The molecule has 13 heavy (non-hydrogen) atoms. The lowest BCUT2D eigenvalue weighted by atomic mass is 10.1. The molecule has 3 nitrogen and oxygen atoms in total. The summed E-state index contributed by atoms with van der Waals surface area (Å²) in [4.78, 5) is 0. The van der Waals surface area contributed by atoms with E-state index in [-0.39, 0.29) is 5.84 Å². The molecule has 3 heteroatoms. The van der Waals surface area contributed by atoms with Crippen LogP contribution in [0.5, 0.6) is 0 Å². The number of nitrogen functional groups attached to an aromatic ring is 1. The van der Waals surface area contributed by atoms with Gasteiger partial charge in [0.1, 0.15) is 5.84 Å². The van der Waals surface area contributed by atoms with E-state index in [4.69, 9.17) is 16.9 Å². The molecule has 1 aromatic rings. The van der Waals surface area contributed by atoms with Gasteiger partial charge in [0.05, 0.1) is 0 Å². The monoisotopic (exact) mass is 175 g/mol. The summed E-state index contributed by atoms with van der Waals surface area (Å²) in [5, 5.41) is 7.32. The summed E-state index contributed by atoms with van der Waals surface area (Å²) in [6.45, 7) is 0.492. The van der Waals surface area contributed by atoms with Crippen molar-refractivity contribution in [2.45, 2.75) is 0 Å². The van der Waals surface area contributed by atoms with Crippen molar-refractivity contribution in [3.05, 3.63) is 41.5 Å². The highest BCUT2D eigenvalue weighted by Crippen LogP contribution is 2.09. The van der Waals surface area contributed by atoms with Gasteiger partial charge in [-0.2, -0.15) is 0 Å². The first-order valence-corrected chi connectivity index (χ1v) is 4.05. The summed E-state index contributed by atoms with van der Waals surface area (Å²) in [7, 11) is 0. The Balaban J connectivity index is 3.05. The molecule has 0 aliphatic rings. The lowest BCUT2D eigenvalue weighted by molar-refractivity contribution is 1.26. The van der Waals surface area contributed by atoms with Gasteiger partial charge in [0.15, 0.2) is 0 Å². The van der Waals surface area contributed by atoms with Crippen LogP contribution in [0.4, 0.5) is 0 Å². The second-order valence-corrected chi connectivity index (χ2v) is 2.64. The van der Waals surface area contributed by atoms with Gasteiger partial charge in [-0.1, -0.05) is 36.4 Å². The average Bonchev–Trinajstić information content (AvgIpc) is 2.15. The number of nitrogens with one attached hydrogen (secondary N) is 1. The number of rotatable bonds is 3. The van der Waals surface area contributed by atoms with Gasteiger partial charge in [-0.05, 0) is 5.56 Å². The standard InChI is InChI=1S/C10H13N3/c11-7-3-5-8-4-1-2-6-9(8)10(12)13/h1-6H,7,11H2,(H3,12,13). The third-order valence-corrected chi connectivity index (χ3v) is 1.68. The molecular formula is C10H13N3. The number of amidine groups is 1. The predicted molar refractivity (Wildman–Crippen MR) is 55.5 cm³/mol. The normalized spacial score (nSPS) is 10.5. The van der Waals surface area contributed by atoms with E-state index in [9.17, 15) is 0 Å². The predicted octanol–water partition coefficient (Wildman–Crippen LogP) is 0.943. The Hall–Kier alpha value is -1.61. The Morgan fingerprint density at radius 2 is 2.08 bits per heavy atom. The van der Waals surface area contributed by atoms with Crippen LogP contribution in [0.25, 0.3) is 6.08 Å². The second-order valence-electron chi connectivity index (χ2n) is 2.64. The second kappa shape index (κ2) is 4.42. The highest BCUT2D eigenvalue weighted by Gasteiger charge is 1.99. The Morgan fingerprint density at radius 3 is 2.69 bits per heavy atom. The fourth-order valence-corrected chi connectivity index (χ4v) is 1.08. The van der Waals surface area contributed by atoms with Gasteiger partial charge >= 0.3 is 0 Å². The summed E-state index contributed by atoms with van der Waals surface area (Å²) < 4.78 is 0. The Morgan fingerprint density at radius 1 is 1.38 bits per heavy atom. The summed E-state index contributed by atoms with van der Waals surface area (Å²) in [6.07, 6.45) is 3.71. The van der Waals surface area contributed by atoms with Gasteiger partial charge in [-0.3, -0.25) is 5.41 Å². The molecule has 0 saturated heterocycles. The fourth-order valence-electron chi connectivity index (χ4n) is 1.08. The smallest absolute Gasteiger partial charge is 0.123 e. The molecule has 0 aliphatic carbocycles. The summed E-state index contributed by atoms with van der Waals surface area (Å²) in [6, 6.07) is 7.49. The van der Waals surface area contributed by atoms with Crippen molar-refractivity contribution in [1.29, 1.82) is 5.41 Å². The molecule has 0 spiro atoms. The van der Waals surface area contributed by atoms with Gasteiger partial charge in [0.2, 0.25) is 0 Å². The molecule has 0 bridgehead atoms. The number of hydrogen-bond donors (Lipinski definition) is 3. The third kappa shape index (κ3) is 2.42. The van der Waals surface area contributed by atoms with Crippen LogP contribution in [-0.4, -0.2) is 12.4 Å². The molecule has 0 unspecified atom stereocenters. The van der Waals surface area contributed by atoms with Crippen LogP contribution in [0.1, 0.15) is 11.1 Å². The molecule has 0 fully saturated rings. The largest absolute Gasteiger partial charge is 0.384 e. The molecule has 1 rings (SSSR count). The van der Waals surface area contributed by atoms with E-state index in [2.05, 4.69) is 0 Å². The highest BCUT2D eigenvalue weighted by molar-refractivity contribution is 5.98. The van der Waals surface area contributed by atoms with Crippen molar-refractivity contribution < 1.29 is 0 Å². The topological polar surface area (TPSA) is 75.9 Å². The molecule has 0 aliphatic heterocycles. The number of benzene rings is 1. The van der Waals surface area contributed by atoms with Crippen molar-refractivity contribution >= 4 is 11.9 Å². The van der Waals surface area contributed by atoms with Crippen molar-refractivity contribution in [3.8, 4) is 0 Å². The molecule has 68 valence electrons. The highest BCUT2D eigenvalue weighted by atomic mass is 14.7. The third-order valence-electron chi connectivity index (χ3n) is 1.68. The molecule has 0 saturated carbocycles. The maximum Gasteiger partial charge on any atom is 0.123 e. The number of nitrogens with two attached hydrogens (primary N) is 2. The number of hydrogen-bond acceptors (Lipinski definition) is 2. The quantitative estimate of drug-likeness (QED) is 0.472. The lowest BCUT2D eigenvalue weighted by Gasteiger charge is -2.02. The van der Waals surface area contributed by atoms with Crippen molar-refractivity contribution in [3.63, 3.8) is 0 Å². The maximum atomic E-state index is 7.32. The van der Waals surface area contributed by atoms with Crippen LogP contribution in [0, 0.1) is 5.41 Å². The van der Waals surface area contributed by atoms with Crippen LogP contribution < -0.4 is 11.5 Å². The first-order valence-electron chi connectivity index (χ1n) is 4.05. The Bertz CT molecular complexity index is 329. The van der Waals surface area contributed by atoms with Crippen LogP contribution in [0.3, 0.4) is 0 Å². The van der Waals surface area contributed by atoms with Gasteiger partial charge in [-0.25, -0.2) is 0 Å². The molecule has 0 amide bonds. The van der Waals surface area contributed by atoms with E-state index < -0.39 is 0 Å². The van der Waals surface area contributed by atoms with Gasteiger partial charge < -0.3 is 11.5 Å². The molecule has 0 aromatic heterocycles. The zero-order chi connectivity index (χ0) is 9.68. The SMILES string of the molecule is N=C(N)c1ccccc1C=CCN. The van der Waals surface area contributed by atoms with Gasteiger partial charge in [0, 0.05) is 12.1 Å². The van der Waals surface area contributed by atoms with Crippen LogP contribution in [0.15, 0.2) is 30.3 Å². The zero-order valence-electron chi connectivity index (χ0n) is 7.33. The van der Waals surface area contributed by atoms with E-state index in [1.54, 1.807) is 0 Å². The molecular weight excluding hydrogens is 162 g/mol. The molecule has 1 aromatic carbocycles. The van der Waals surface area contributed by atoms with Crippen LogP contribution >= 0.6 is 0 Å². The Labute approximate surface area is 77.6 Å². The maximum absolute atomic E-state index is 7.32. The zero-order valence-corrected chi connectivity index (χ0v) is 7.33. The van der Waals surface area contributed by atoms with Crippen LogP contribution in [-0.2, 0) is 0 Å². The first kappa shape index (κ1) is 9.48. The van der Waals surface area contributed by atoms with E-state index >= 15 is 0 Å². The minimum atomic E-state index is 0.0808. The van der Waals surface area contributed by atoms with E-state index in [0.717, 1.165) is 11.1 Å². The van der Waals surface area contributed by atoms with Crippen molar-refractivity contribution in [2.24, 2.45) is 11.5 Å². The minimum absolute atomic E-state index is 0.0808. The van der Waals surface area contributed by atoms with Gasteiger partial charge in [0.25, 0.3) is 0 Å². The molecule has 0 atom stereocenters. The first-order chi connectivity index (χ1) is 6.25. The Kier molecular flexibility index (Phi) is 3.23. The fraction of sp³-hybridized carbons (Fsp3) is 0.100. The van der Waals surface area contributed by atoms with Crippen molar-refractivity contribution in [1.82, 2.24) is 0 Å².